The molecule has 0 aromatic heterocycles. The summed E-state index contributed by atoms with van der Waals surface area (Å²) in [6.45, 7) is 3.96. The van der Waals surface area contributed by atoms with Gasteiger partial charge in [-0.05, 0) is 31.2 Å². The maximum Gasteiger partial charge on any atom is 0.119 e. The van der Waals surface area contributed by atoms with Gasteiger partial charge in [-0.3, -0.25) is 0 Å². The molecule has 1 aromatic carbocycles. The van der Waals surface area contributed by atoms with Crippen molar-refractivity contribution in [3.05, 3.63) is 24.3 Å². The van der Waals surface area contributed by atoms with Crippen molar-refractivity contribution in [3.63, 3.8) is 0 Å². The molecule has 0 aliphatic rings. The summed E-state index contributed by atoms with van der Waals surface area (Å²) in [6, 6.07) is 7.85. The van der Waals surface area contributed by atoms with Gasteiger partial charge in [0.1, 0.15) is 12.4 Å². The predicted octanol–water partition coefficient (Wildman–Crippen LogP) is 2.14. The van der Waals surface area contributed by atoms with Crippen LogP contribution in [0.2, 0.25) is 0 Å². The molecule has 0 saturated heterocycles. The van der Waals surface area contributed by atoms with Crippen LogP contribution in [0.4, 0.5) is 5.69 Å². The SMILES string of the molecule is CCOCCOc1ccc(NC)cc1. The zero-order valence-corrected chi connectivity index (χ0v) is 8.75. The third kappa shape index (κ3) is 3.66. The van der Waals surface area contributed by atoms with Crippen molar-refractivity contribution in [1.29, 1.82) is 0 Å². The molecule has 78 valence electrons. The highest BCUT2D eigenvalue weighted by atomic mass is 16.5. The number of nitrogens with one attached hydrogen (secondary N) is 1. The van der Waals surface area contributed by atoms with Crippen LogP contribution in [0.15, 0.2) is 24.3 Å². The zero-order valence-electron chi connectivity index (χ0n) is 8.75. The van der Waals surface area contributed by atoms with Gasteiger partial charge in [0.25, 0.3) is 0 Å². The van der Waals surface area contributed by atoms with Gasteiger partial charge < -0.3 is 14.8 Å². The first kappa shape index (κ1) is 10.9. The lowest BCUT2D eigenvalue weighted by Gasteiger charge is -2.06. The van der Waals surface area contributed by atoms with E-state index >= 15 is 0 Å². The van der Waals surface area contributed by atoms with Crippen LogP contribution in [-0.4, -0.2) is 26.9 Å². The summed E-state index contributed by atoms with van der Waals surface area (Å²) in [5.41, 5.74) is 1.09. The summed E-state index contributed by atoms with van der Waals surface area (Å²) >= 11 is 0. The Balaban J connectivity index is 2.29. The van der Waals surface area contributed by atoms with Gasteiger partial charge in [0.05, 0.1) is 6.61 Å². The van der Waals surface area contributed by atoms with Crippen molar-refractivity contribution in [1.82, 2.24) is 0 Å². The number of ether oxygens (including phenoxy) is 2. The lowest BCUT2D eigenvalue weighted by atomic mass is 10.3. The Morgan fingerprint density at radius 1 is 1.14 bits per heavy atom. The fourth-order valence-corrected chi connectivity index (χ4v) is 1.08. The van der Waals surface area contributed by atoms with Crippen molar-refractivity contribution in [2.24, 2.45) is 0 Å². The van der Waals surface area contributed by atoms with Crippen LogP contribution < -0.4 is 10.1 Å². The third-order valence-corrected chi connectivity index (χ3v) is 1.84. The second kappa shape index (κ2) is 6.27. The minimum Gasteiger partial charge on any atom is -0.491 e. The number of rotatable bonds is 6. The Kier molecular flexibility index (Phi) is 4.86. The molecular weight excluding hydrogens is 178 g/mol. The predicted molar refractivity (Wildman–Crippen MR) is 58.0 cm³/mol. The Morgan fingerprint density at radius 3 is 2.43 bits per heavy atom. The molecule has 3 nitrogen and oxygen atoms in total. The first-order chi connectivity index (χ1) is 6.86. The normalized spacial score (nSPS) is 9.86. The first-order valence-electron chi connectivity index (χ1n) is 4.85. The molecule has 0 heterocycles. The van der Waals surface area contributed by atoms with Crippen LogP contribution >= 0.6 is 0 Å². The molecule has 1 N–H and O–H groups in total. The van der Waals surface area contributed by atoms with Gasteiger partial charge in [0, 0.05) is 19.3 Å². The molecule has 1 rings (SSSR count). The summed E-state index contributed by atoms with van der Waals surface area (Å²) in [4.78, 5) is 0. The molecule has 14 heavy (non-hydrogen) atoms. The number of benzene rings is 1. The van der Waals surface area contributed by atoms with E-state index in [1.54, 1.807) is 0 Å². The number of hydrogen-bond donors (Lipinski definition) is 1. The van der Waals surface area contributed by atoms with Gasteiger partial charge in [-0.25, -0.2) is 0 Å². The fraction of sp³-hybridized carbons (Fsp3) is 0.455. The Morgan fingerprint density at radius 2 is 1.86 bits per heavy atom. The monoisotopic (exact) mass is 195 g/mol. The molecule has 3 heteroatoms. The first-order valence-corrected chi connectivity index (χ1v) is 4.85. The minimum absolute atomic E-state index is 0.604. The molecule has 0 unspecified atom stereocenters. The molecule has 0 fully saturated rings. The molecule has 0 radical (unpaired) electrons. The third-order valence-electron chi connectivity index (χ3n) is 1.84. The maximum absolute atomic E-state index is 5.45. The molecular formula is C11H17NO2. The molecule has 0 saturated carbocycles. The van der Waals surface area contributed by atoms with E-state index in [0.29, 0.717) is 13.2 Å². The lowest BCUT2D eigenvalue weighted by Crippen LogP contribution is -2.06. The highest BCUT2D eigenvalue weighted by molar-refractivity contribution is 5.45. The van der Waals surface area contributed by atoms with Crippen molar-refractivity contribution in [2.75, 3.05) is 32.2 Å². The molecule has 0 aliphatic carbocycles. The zero-order chi connectivity index (χ0) is 10.2. The summed E-state index contributed by atoms with van der Waals surface area (Å²) in [6.07, 6.45) is 0. The Hall–Kier alpha value is -1.22. The van der Waals surface area contributed by atoms with Crippen LogP contribution in [0.3, 0.4) is 0 Å². The Labute approximate surface area is 85.0 Å². The highest BCUT2D eigenvalue weighted by Gasteiger charge is 1.93. The van der Waals surface area contributed by atoms with Crippen LogP contribution in [-0.2, 0) is 4.74 Å². The van der Waals surface area contributed by atoms with E-state index in [0.717, 1.165) is 18.0 Å². The quantitative estimate of drug-likeness (QED) is 0.705. The van der Waals surface area contributed by atoms with Gasteiger partial charge in [0.2, 0.25) is 0 Å². The summed E-state index contributed by atoms with van der Waals surface area (Å²) < 4.78 is 10.6. The van der Waals surface area contributed by atoms with E-state index in [1.165, 1.54) is 0 Å². The minimum atomic E-state index is 0.604. The fourth-order valence-electron chi connectivity index (χ4n) is 1.08. The Bertz CT molecular complexity index is 246. The average molecular weight is 195 g/mol. The molecule has 0 aliphatic heterocycles. The van der Waals surface area contributed by atoms with E-state index in [4.69, 9.17) is 9.47 Å². The van der Waals surface area contributed by atoms with Crippen LogP contribution in [0, 0.1) is 0 Å². The smallest absolute Gasteiger partial charge is 0.119 e. The summed E-state index contributed by atoms with van der Waals surface area (Å²) in [5, 5.41) is 3.05. The summed E-state index contributed by atoms with van der Waals surface area (Å²) in [7, 11) is 1.89. The summed E-state index contributed by atoms with van der Waals surface area (Å²) in [5.74, 6) is 0.878. The lowest BCUT2D eigenvalue weighted by molar-refractivity contribution is 0.110. The van der Waals surface area contributed by atoms with Gasteiger partial charge in [-0.15, -0.1) is 0 Å². The molecule has 0 spiro atoms. The molecule has 0 bridgehead atoms. The standard InChI is InChI=1S/C11H17NO2/c1-3-13-8-9-14-11-6-4-10(12-2)5-7-11/h4-7,12H,3,8-9H2,1-2H3. The van der Waals surface area contributed by atoms with Gasteiger partial charge >= 0.3 is 0 Å². The van der Waals surface area contributed by atoms with Gasteiger partial charge in [0.15, 0.2) is 0 Å². The number of hydrogen-bond acceptors (Lipinski definition) is 3. The van der Waals surface area contributed by atoms with E-state index in [2.05, 4.69) is 5.32 Å². The van der Waals surface area contributed by atoms with Gasteiger partial charge in [-0.1, -0.05) is 0 Å². The van der Waals surface area contributed by atoms with Crippen molar-refractivity contribution in [2.45, 2.75) is 6.92 Å². The topological polar surface area (TPSA) is 30.5 Å². The van der Waals surface area contributed by atoms with E-state index in [-0.39, 0.29) is 0 Å². The maximum atomic E-state index is 5.45. The van der Waals surface area contributed by atoms with E-state index in [9.17, 15) is 0 Å². The second-order valence-electron chi connectivity index (χ2n) is 2.82. The highest BCUT2D eigenvalue weighted by Crippen LogP contribution is 2.14. The average Bonchev–Trinajstić information content (AvgIpc) is 2.25. The van der Waals surface area contributed by atoms with Crippen LogP contribution in [0.1, 0.15) is 6.92 Å². The van der Waals surface area contributed by atoms with Crippen molar-refractivity contribution < 1.29 is 9.47 Å². The van der Waals surface area contributed by atoms with E-state index < -0.39 is 0 Å². The molecule has 0 atom stereocenters. The molecule has 1 aromatic rings. The van der Waals surface area contributed by atoms with E-state index in [1.807, 2.05) is 38.2 Å². The number of anilines is 1. The van der Waals surface area contributed by atoms with Crippen LogP contribution in [0.5, 0.6) is 5.75 Å². The van der Waals surface area contributed by atoms with Crippen molar-refractivity contribution in [3.8, 4) is 5.75 Å². The largest absolute Gasteiger partial charge is 0.491 e. The molecule has 0 amide bonds. The second-order valence-corrected chi connectivity index (χ2v) is 2.82. The van der Waals surface area contributed by atoms with Crippen LogP contribution in [0.25, 0.3) is 0 Å². The van der Waals surface area contributed by atoms with Gasteiger partial charge in [-0.2, -0.15) is 0 Å². The van der Waals surface area contributed by atoms with Crippen molar-refractivity contribution >= 4 is 5.69 Å².